The van der Waals surface area contributed by atoms with Crippen LogP contribution in [0.4, 0.5) is 14.5 Å². The Kier molecular flexibility index (Phi) is 11.5. The average molecular weight is 691 g/mol. The Morgan fingerprint density at radius 3 is 2.13 bits per heavy atom. The first-order chi connectivity index (χ1) is 22.0. The first kappa shape index (κ1) is 36.5. The second-order valence-corrected chi connectivity index (χ2v) is 19.0. The van der Waals surface area contributed by atoms with Gasteiger partial charge in [0.2, 0.25) is 16.3 Å². The molecule has 0 radical (unpaired) electrons. The van der Waals surface area contributed by atoms with Gasteiger partial charge in [0.05, 0.1) is 31.3 Å². The molecule has 256 valence electrons. The van der Waals surface area contributed by atoms with Gasteiger partial charge in [0.1, 0.15) is 23.1 Å². The van der Waals surface area contributed by atoms with E-state index in [0.29, 0.717) is 36.3 Å². The van der Waals surface area contributed by atoms with Crippen LogP contribution in [0.15, 0.2) is 66.7 Å². The quantitative estimate of drug-likeness (QED) is 0.0570. The lowest BCUT2D eigenvalue weighted by Gasteiger charge is -2.48. The number of benzene rings is 3. The van der Waals surface area contributed by atoms with E-state index >= 15 is 0 Å². The lowest BCUT2D eigenvalue weighted by atomic mass is 9.78. The first-order valence-corrected chi connectivity index (χ1v) is 19.8. The van der Waals surface area contributed by atoms with Gasteiger partial charge in [0, 0.05) is 17.3 Å². The monoisotopic (exact) mass is 690 g/mol. The minimum absolute atomic E-state index is 0.0829. The lowest BCUT2D eigenvalue weighted by molar-refractivity contribution is -0.131. The van der Waals surface area contributed by atoms with Crippen LogP contribution in [0.2, 0.25) is 18.1 Å². The number of nitrogens with zero attached hydrogens (tertiary/aromatic N) is 1. The molecule has 1 fully saturated rings. The number of carbonyl (C=O) groups is 1. The van der Waals surface area contributed by atoms with Crippen molar-refractivity contribution >= 4 is 30.3 Å². The molecule has 3 aromatic carbocycles. The van der Waals surface area contributed by atoms with Crippen LogP contribution in [-0.4, -0.2) is 45.5 Å². The second-order valence-electron chi connectivity index (χ2n) is 13.2. The van der Waals surface area contributed by atoms with Crippen molar-refractivity contribution in [2.75, 3.05) is 18.1 Å². The van der Waals surface area contributed by atoms with Crippen LogP contribution in [-0.2, 0) is 23.8 Å². The third-order valence-corrected chi connectivity index (χ3v) is 13.8. The predicted octanol–water partition coefficient (Wildman–Crippen LogP) is 7.55. The molecule has 13 heteroatoms. The summed E-state index contributed by atoms with van der Waals surface area (Å²) >= 11 is 0. The summed E-state index contributed by atoms with van der Waals surface area (Å²) in [5, 5.41) is 11.1. The van der Waals surface area contributed by atoms with E-state index in [0.717, 1.165) is 5.56 Å². The number of rotatable bonds is 15. The molecule has 0 unspecified atom stereocenters. The maximum Gasteiger partial charge on any atom is 0.233 e. The third-order valence-electron chi connectivity index (χ3n) is 8.90. The number of β-lactam (4-membered cyclic amide) rings is 1. The summed E-state index contributed by atoms with van der Waals surface area (Å²) in [6.07, 6.45) is 1.19. The van der Waals surface area contributed by atoms with Crippen molar-refractivity contribution in [2.45, 2.75) is 76.7 Å². The molecule has 1 aliphatic rings. The van der Waals surface area contributed by atoms with Gasteiger partial charge in [-0.1, -0.05) is 32.9 Å². The maximum atomic E-state index is 13.8. The van der Waals surface area contributed by atoms with Crippen molar-refractivity contribution in [3.8, 4) is 11.5 Å². The second kappa shape index (κ2) is 14.8. The molecule has 1 aliphatic heterocycles. The van der Waals surface area contributed by atoms with Crippen molar-refractivity contribution in [2.24, 2.45) is 5.92 Å². The zero-order valence-electron chi connectivity index (χ0n) is 27.2. The molecule has 0 bridgehead atoms. The molecule has 1 N–H and O–H groups in total. The fourth-order valence-corrected chi connectivity index (χ4v) is 6.97. The van der Waals surface area contributed by atoms with Gasteiger partial charge >= 0.3 is 0 Å². The van der Waals surface area contributed by atoms with Crippen LogP contribution in [0.1, 0.15) is 69.7 Å². The zero-order chi connectivity index (χ0) is 34.6. The molecular formula is C34H42F2NO8SSi-. The number of phenolic OH excluding ortho intramolecular Hbond substituents is 1. The van der Waals surface area contributed by atoms with Gasteiger partial charge in [0.25, 0.3) is 0 Å². The first-order valence-electron chi connectivity index (χ1n) is 15.5. The Morgan fingerprint density at radius 2 is 1.55 bits per heavy atom. The SMILES string of the molecule is CC(C)(C)[Si](C)(C)O[C@@H](CC[C@H]1C(=O)N(c2ccc(F)cc2)[C@@H]1c1ccc(OCCCCOS(=O)(=O)[O-])cc1O)c1ccc(F)cc1. The topological polar surface area (TPSA) is 125 Å². The Morgan fingerprint density at radius 1 is 0.957 bits per heavy atom. The molecule has 1 heterocycles. The van der Waals surface area contributed by atoms with Gasteiger partial charge < -0.3 is 23.7 Å². The molecule has 9 nitrogen and oxygen atoms in total. The van der Waals surface area contributed by atoms with Crippen molar-refractivity contribution in [3.63, 3.8) is 0 Å². The van der Waals surface area contributed by atoms with Crippen LogP contribution < -0.4 is 9.64 Å². The number of aromatic hydroxyl groups is 1. The zero-order valence-corrected chi connectivity index (χ0v) is 29.1. The number of hydrogen-bond acceptors (Lipinski definition) is 8. The Balaban J connectivity index is 1.55. The summed E-state index contributed by atoms with van der Waals surface area (Å²) < 4.78 is 75.9. The number of carbonyl (C=O) groups excluding carboxylic acids is 1. The van der Waals surface area contributed by atoms with Crippen LogP contribution >= 0.6 is 0 Å². The highest BCUT2D eigenvalue weighted by Crippen LogP contribution is 2.50. The van der Waals surface area contributed by atoms with Crippen molar-refractivity contribution in [1.82, 2.24) is 0 Å². The molecule has 1 saturated heterocycles. The Labute approximate surface area is 276 Å². The third kappa shape index (κ3) is 9.38. The summed E-state index contributed by atoms with van der Waals surface area (Å²) in [5.74, 6) is -1.22. The van der Waals surface area contributed by atoms with Crippen LogP contribution in [0, 0.1) is 17.6 Å². The summed E-state index contributed by atoms with van der Waals surface area (Å²) in [6, 6.07) is 16.0. The normalized spacial score (nSPS) is 17.8. The number of unbranched alkanes of at least 4 members (excludes halogenated alkanes) is 1. The molecule has 47 heavy (non-hydrogen) atoms. The van der Waals surface area contributed by atoms with Gasteiger partial charge in [-0.15, -0.1) is 0 Å². The fraction of sp³-hybridized carbons (Fsp3) is 0.441. The smallest absolute Gasteiger partial charge is 0.233 e. The lowest BCUT2D eigenvalue weighted by Crippen LogP contribution is -2.55. The molecule has 4 rings (SSSR count). The van der Waals surface area contributed by atoms with Crippen molar-refractivity contribution in [1.29, 1.82) is 0 Å². The number of phenols is 1. The number of ether oxygens (including phenoxy) is 1. The van der Waals surface area contributed by atoms with Gasteiger partial charge in [-0.3, -0.25) is 8.98 Å². The molecular weight excluding hydrogens is 649 g/mol. The highest BCUT2D eigenvalue weighted by atomic mass is 32.3. The molecule has 0 aromatic heterocycles. The summed E-state index contributed by atoms with van der Waals surface area (Å²) in [6.45, 7) is 10.6. The average Bonchev–Trinajstić information content (AvgIpc) is 2.98. The van der Waals surface area contributed by atoms with E-state index in [1.165, 1.54) is 42.5 Å². The van der Waals surface area contributed by atoms with E-state index in [1.54, 1.807) is 29.2 Å². The van der Waals surface area contributed by atoms with Crippen LogP contribution in [0.3, 0.4) is 0 Å². The van der Waals surface area contributed by atoms with Crippen molar-refractivity contribution < 1.29 is 45.0 Å². The number of amides is 1. The largest absolute Gasteiger partial charge is 0.726 e. The van der Waals surface area contributed by atoms with Gasteiger partial charge in [0.15, 0.2) is 8.32 Å². The Hall–Kier alpha value is -3.36. The van der Waals surface area contributed by atoms with E-state index in [-0.39, 0.29) is 48.3 Å². The number of halogens is 2. The molecule has 1 amide bonds. The highest BCUT2D eigenvalue weighted by molar-refractivity contribution is 7.80. The molecule has 0 saturated carbocycles. The van der Waals surface area contributed by atoms with Gasteiger partial charge in [-0.05, 0) is 97.9 Å². The fourth-order valence-electron chi connectivity index (χ4n) is 5.33. The molecule has 3 atom stereocenters. The number of anilines is 1. The van der Waals surface area contributed by atoms with E-state index in [9.17, 15) is 31.7 Å². The predicted molar refractivity (Wildman–Crippen MR) is 175 cm³/mol. The maximum absolute atomic E-state index is 13.8. The van der Waals surface area contributed by atoms with Crippen LogP contribution in [0.25, 0.3) is 0 Å². The Bertz CT molecular complexity index is 1630. The van der Waals surface area contributed by atoms with E-state index in [1.807, 2.05) is 0 Å². The van der Waals surface area contributed by atoms with Crippen molar-refractivity contribution in [3.05, 3.63) is 89.5 Å². The van der Waals surface area contributed by atoms with E-state index < -0.39 is 36.5 Å². The van der Waals surface area contributed by atoms with E-state index in [2.05, 4.69) is 38.0 Å². The standard InChI is InChI=1S/C34H43F2NO8SSi/c1-34(2,3)47(4,5)45-31(23-8-10-24(35)11-9-23)19-18-29-32(37(33(29)39)26-14-12-25(36)13-15-26)28-17-16-27(22-30(28)38)43-20-6-7-21-44-46(40,41)42/h8-17,22,29,31-32,38H,6-7,18-21H2,1-5H3,(H,40,41,42)/p-1/t29-,31+,32-/m1/s1. The van der Waals surface area contributed by atoms with E-state index in [4.69, 9.17) is 9.16 Å². The van der Waals surface area contributed by atoms with Crippen LogP contribution in [0.5, 0.6) is 11.5 Å². The molecule has 3 aromatic rings. The minimum Gasteiger partial charge on any atom is -0.726 e. The summed E-state index contributed by atoms with van der Waals surface area (Å²) in [7, 11) is -7.01. The van der Waals surface area contributed by atoms with Gasteiger partial charge in [-0.2, -0.15) is 0 Å². The minimum atomic E-state index is -4.74. The summed E-state index contributed by atoms with van der Waals surface area (Å²) in [4.78, 5) is 15.3. The summed E-state index contributed by atoms with van der Waals surface area (Å²) in [5.41, 5.74) is 1.80. The highest BCUT2D eigenvalue weighted by Gasteiger charge is 2.50. The van der Waals surface area contributed by atoms with Gasteiger partial charge in [-0.25, -0.2) is 17.2 Å². The molecule has 0 spiro atoms. The molecule has 0 aliphatic carbocycles. The number of hydrogen-bond donors (Lipinski definition) is 1.